The van der Waals surface area contributed by atoms with Crippen molar-refractivity contribution in [1.29, 1.82) is 0 Å². The quantitative estimate of drug-likeness (QED) is 0.582. The molecule has 0 N–H and O–H groups in total. The average molecular weight is 263 g/mol. The molecule has 0 radical (unpaired) electrons. The Morgan fingerprint density at radius 3 is 2.89 bits per heavy atom. The van der Waals surface area contributed by atoms with Crippen LogP contribution in [0.5, 0.6) is 0 Å². The zero-order chi connectivity index (χ0) is 13.0. The van der Waals surface area contributed by atoms with Gasteiger partial charge in [-0.3, -0.25) is 0 Å². The van der Waals surface area contributed by atoms with Gasteiger partial charge in [0.1, 0.15) is 0 Å². The molecule has 4 heteroatoms. The van der Waals surface area contributed by atoms with E-state index in [1.165, 1.54) is 24.8 Å². The maximum Gasteiger partial charge on any atom is 0.187 e. The SMILES string of the molecule is CSc1nccc(/C(=C\N(C)C)CCC2CC2)n1. The summed E-state index contributed by atoms with van der Waals surface area (Å²) in [4.78, 5) is 10.9. The summed E-state index contributed by atoms with van der Waals surface area (Å²) in [5.74, 6) is 0.956. The third-order valence-electron chi connectivity index (χ3n) is 3.08. The van der Waals surface area contributed by atoms with Gasteiger partial charge < -0.3 is 4.90 Å². The maximum atomic E-state index is 4.60. The minimum absolute atomic E-state index is 0.851. The van der Waals surface area contributed by atoms with E-state index >= 15 is 0 Å². The van der Waals surface area contributed by atoms with Crippen molar-refractivity contribution >= 4 is 17.3 Å². The van der Waals surface area contributed by atoms with Crippen molar-refractivity contribution in [2.24, 2.45) is 5.92 Å². The molecule has 1 fully saturated rings. The number of hydrogen-bond acceptors (Lipinski definition) is 4. The van der Waals surface area contributed by atoms with Crippen LogP contribution in [0.25, 0.3) is 5.57 Å². The predicted molar refractivity (Wildman–Crippen MR) is 77.4 cm³/mol. The van der Waals surface area contributed by atoms with Gasteiger partial charge in [-0.15, -0.1) is 0 Å². The van der Waals surface area contributed by atoms with Crippen molar-refractivity contribution in [2.75, 3.05) is 20.4 Å². The van der Waals surface area contributed by atoms with E-state index in [1.807, 2.05) is 18.5 Å². The number of nitrogens with zero attached hydrogens (tertiary/aromatic N) is 3. The molecule has 0 unspecified atom stereocenters. The molecular formula is C14H21N3S. The van der Waals surface area contributed by atoms with E-state index in [1.54, 1.807) is 11.8 Å². The number of aromatic nitrogens is 2. The van der Waals surface area contributed by atoms with Gasteiger partial charge in [-0.2, -0.15) is 0 Å². The largest absolute Gasteiger partial charge is 0.383 e. The van der Waals surface area contributed by atoms with Crippen LogP contribution in [0, 0.1) is 5.92 Å². The van der Waals surface area contributed by atoms with Gasteiger partial charge in [-0.1, -0.05) is 24.6 Å². The summed E-state index contributed by atoms with van der Waals surface area (Å²) in [5.41, 5.74) is 2.40. The van der Waals surface area contributed by atoms with E-state index in [-0.39, 0.29) is 0 Å². The van der Waals surface area contributed by atoms with Crippen molar-refractivity contribution in [3.8, 4) is 0 Å². The lowest BCUT2D eigenvalue weighted by Crippen LogP contribution is -2.04. The van der Waals surface area contributed by atoms with Gasteiger partial charge >= 0.3 is 0 Å². The summed E-state index contributed by atoms with van der Waals surface area (Å²) >= 11 is 1.59. The fourth-order valence-corrected chi connectivity index (χ4v) is 2.31. The van der Waals surface area contributed by atoms with Crippen molar-refractivity contribution in [1.82, 2.24) is 14.9 Å². The Labute approximate surface area is 114 Å². The molecule has 1 aromatic heterocycles. The van der Waals surface area contributed by atoms with Gasteiger partial charge in [0.25, 0.3) is 0 Å². The van der Waals surface area contributed by atoms with Gasteiger partial charge in [0.2, 0.25) is 0 Å². The minimum Gasteiger partial charge on any atom is -0.383 e. The van der Waals surface area contributed by atoms with Crippen molar-refractivity contribution in [3.05, 3.63) is 24.2 Å². The van der Waals surface area contributed by atoms with Gasteiger partial charge in [0, 0.05) is 26.5 Å². The molecule has 1 aromatic rings. The Morgan fingerprint density at radius 2 is 2.28 bits per heavy atom. The van der Waals surface area contributed by atoms with Crippen LogP contribution in [-0.4, -0.2) is 35.2 Å². The third-order valence-corrected chi connectivity index (χ3v) is 3.64. The topological polar surface area (TPSA) is 29.0 Å². The van der Waals surface area contributed by atoms with Crippen molar-refractivity contribution in [3.63, 3.8) is 0 Å². The first-order valence-corrected chi connectivity index (χ1v) is 7.66. The fourth-order valence-electron chi connectivity index (χ4n) is 1.95. The Balaban J connectivity index is 2.14. The highest BCUT2D eigenvalue weighted by Gasteiger charge is 2.21. The first kappa shape index (κ1) is 13.4. The van der Waals surface area contributed by atoms with E-state index in [0.717, 1.165) is 23.2 Å². The Morgan fingerprint density at radius 1 is 1.50 bits per heavy atom. The van der Waals surface area contributed by atoms with Crippen molar-refractivity contribution in [2.45, 2.75) is 30.8 Å². The van der Waals surface area contributed by atoms with E-state index in [9.17, 15) is 0 Å². The maximum absolute atomic E-state index is 4.60. The van der Waals surface area contributed by atoms with Crippen LogP contribution in [-0.2, 0) is 0 Å². The van der Waals surface area contributed by atoms with E-state index in [4.69, 9.17) is 0 Å². The standard InChI is InChI=1S/C14H21N3S/c1-17(2)10-12(7-6-11-4-5-11)13-8-9-15-14(16-13)18-3/h8-11H,4-7H2,1-3H3/b12-10-. The van der Waals surface area contributed by atoms with Crippen LogP contribution in [0.1, 0.15) is 31.4 Å². The highest BCUT2D eigenvalue weighted by molar-refractivity contribution is 7.98. The zero-order valence-corrected chi connectivity index (χ0v) is 12.2. The Hall–Kier alpha value is -1.03. The van der Waals surface area contributed by atoms with Crippen LogP contribution < -0.4 is 0 Å². The van der Waals surface area contributed by atoms with E-state index < -0.39 is 0 Å². The van der Waals surface area contributed by atoms with Gasteiger partial charge in [-0.05, 0) is 36.7 Å². The molecule has 0 amide bonds. The number of hydrogen-bond donors (Lipinski definition) is 0. The zero-order valence-electron chi connectivity index (χ0n) is 11.4. The van der Waals surface area contributed by atoms with Crippen LogP contribution in [0.4, 0.5) is 0 Å². The summed E-state index contributed by atoms with van der Waals surface area (Å²) < 4.78 is 0. The highest BCUT2D eigenvalue weighted by atomic mass is 32.2. The Bertz CT molecular complexity index is 425. The molecule has 0 aliphatic heterocycles. The normalized spacial score (nSPS) is 15.8. The summed E-state index contributed by atoms with van der Waals surface area (Å²) in [7, 11) is 4.13. The molecule has 0 bridgehead atoms. The lowest BCUT2D eigenvalue weighted by molar-refractivity contribution is 0.562. The van der Waals surface area contributed by atoms with Crippen LogP contribution in [0.3, 0.4) is 0 Å². The molecular weight excluding hydrogens is 242 g/mol. The summed E-state index contributed by atoms with van der Waals surface area (Å²) in [6.45, 7) is 0. The van der Waals surface area contributed by atoms with Gasteiger partial charge in [0.05, 0.1) is 5.69 Å². The van der Waals surface area contributed by atoms with Crippen molar-refractivity contribution < 1.29 is 0 Å². The van der Waals surface area contributed by atoms with Gasteiger partial charge in [0.15, 0.2) is 5.16 Å². The monoisotopic (exact) mass is 263 g/mol. The Kier molecular flexibility index (Phi) is 4.64. The molecule has 0 atom stereocenters. The van der Waals surface area contributed by atoms with Crippen LogP contribution >= 0.6 is 11.8 Å². The molecule has 1 saturated carbocycles. The van der Waals surface area contributed by atoms with E-state index in [0.29, 0.717) is 0 Å². The molecule has 1 aliphatic rings. The molecule has 0 aromatic carbocycles. The lowest BCUT2D eigenvalue weighted by Gasteiger charge is -2.12. The number of allylic oxidation sites excluding steroid dienone is 1. The predicted octanol–water partition coefficient (Wildman–Crippen LogP) is 3.29. The third kappa shape index (κ3) is 4.02. The fraction of sp³-hybridized carbons (Fsp3) is 0.571. The average Bonchev–Trinajstić information content (AvgIpc) is 3.18. The molecule has 2 rings (SSSR count). The summed E-state index contributed by atoms with van der Waals surface area (Å²) in [6, 6.07) is 2.02. The minimum atomic E-state index is 0.851. The second kappa shape index (κ2) is 6.23. The summed E-state index contributed by atoms with van der Waals surface area (Å²) in [6.07, 6.45) is 11.3. The molecule has 1 heterocycles. The summed E-state index contributed by atoms with van der Waals surface area (Å²) in [5, 5.41) is 0.851. The van der Waals surface area contributed by atoms with Gasteiger partial charge in [-0.25, -0.2) is 9.97 Å². The second-order valence-electron chi connectivity index (χ2n) is 5.03. The smallest absolute Gasteiger partial charge is 0.187 e. The molecule has 18 heavy (non-hydrogen) atoms. The molecule has 3 nitrogen and oxygen atoms in total. The molecule has 98 valence electrons. The lowest BCUT2D eigenvalue weighted by atomic mass is 10.1. The first-order chi connectivity index (χ1) is 8.69. The number of rotatable bonds is 6. The van der Waals surface area contributed by atoms with E-state index in [2.05, 4.69) is 35.2 Å². The molecule has 0 saturated heterocycles. The highest BCUT2D eigenvalue weighted by Crippen LogP contribution is 2.36. The van der Waals surface area contributed by atoms with Crippen LogP contribution in [0.2, 0.25) is 0 Å². The number of thioether (sulfide) groups is 1. The second-order valence-corrected chi connectivity index (χ2v) is 5.80. The first-order valence-electron chi connectivity index (χ1n) is 6.43. The molecule has 0 spiro atoms. The van der Waals surface area contributed by atoms with Crippen LogP contribution in [0.15, 0.2) is 23.6 Å². The molecule has 1 aliphatic carbocycles.